The molecular weight excluding hydrogens is 262 g/mol. The van der Waals surface area contributed by atoms with Crippen LogP contribution in [-0.4, -0.2) is 35.4 Å². The molecule has 112 valence electrons. The highest BCUT2D eigenvalue weighted by molar-refractivity contribution is 5.50. The second-order valence-corrected chi connectivity index (χ2v) is 5.08. The van der Waals surface area contributed by atoms with Crippen LogP contribution in [-0.2, 0) is 13.1 Å². The zero-order valence-electron chi connectivity index (χ0n) is 13.0. The molecule has 4 heteroatoms. The van der Waals surface area contributed by atoms with Crippen molar-refractivity contribution < 1.29 is 4.74 Å². The van der Waals surface area contributed by atoms with Gasteiger partial charge >= 0.3 is 0 Å². The van der Waals surface area contributed by atoms with Crippen LogP contribution in [0.5, 0.6) is 5.75 Å². The number of ether oxygens (including phenoxy) is 1. The molecule has 0 saturated carbocycles. The average molecular weight is 285 g/mol. The fraction of sp³-hybridized carbons (Fsp3) is 0.353. The molecule has 0 radical (unpaired) electrons. The van der Waals surface area contributed by atoms with Gasteiger partial charge in [-0.25, -0.2) is 0 Å². The summed E-state index contributed by atoms with van der Waals surface area (Å²) in [7, 11) is 3.79. The number of nitrogens with zero attached hydrogens (tertiary/aromatic N) is 3. The molecule has 21 heavy (non-hydrogen) atoms. The van der Waals surface area contributed by atoms with E-state index in [1.165, 1.54) is 11.1 Å². The Morgan fingerprint density at radius 2 is 2.05 bits per heavy atom. The molecule has 1 aromatic carbocycles. The molecular formula is C17H23N3O. The lowest BCUT2D eigenvalue weighted by Gasteiger charge is -2.12. The van der Waals surface area contributed by atoms with E-state index in [0.29, 0.717) is 0 Å². The maximum absolute atomic E-state index is 5.15. The molecule has 0 aliphatic carbocycles. The van der Waals surface area contributed by atoms with Crippen LogP contribution in [0.2, 0.25) is 0 Å². The molecule has 0 atom stereocenters. The summed E-state index contributed by atoms with van der Waals surface area (Å²) in [5.41, 5.74) is 2.43. The number of benzene rings is 1. The van der Waals surface area contributed by atoms with Crippen LogP contribution < -0.4 is 4.74 Å². The zero-order chi connectivity index (χ0) is 15.1. The van der Waals surface area contributed by atoms with Gasteiger partial charge in [0.25, 0.3) is 0 Å². The van der Waals surface area contributed by atoms with Gasteiger partial charge in [-0.15, -0.1) is 0 Å². The minimum absolute atomic E-state index is 0.886. The van der Waals surface area contributed by atoms with E-state index >= 15 is 0 Å². The van der Waals surface area contributed by atoms with Gasteiger partial charge in [0.15, 0.2) is 0 Å². The standard InChI is InChI=1S/C17H23N3O/c1-4-20-14-16(12-18-20)13-19(2)11-5-6-15-7-9-17(21-3)10-8-15/h5-10,12,14H,4,11,13H2,1-3H3/b6-5+. The van der Waals surface area contributed by atoms with E-state index in [4.69, 9.17) is 4.74 Å². The van der Waals surface area contributed by atoms with Crippen molar-refractivity contribution in [3.63, 3.8) is 0 Å². The van der Waals surface area contributed by atoms with Crippen molar-refractivity contribution in [2.45, 2.75) is 20.0 Å². The molecule has 0 N–H and O–H groups in total. The molecule has 0 bridgehead atoms. The second kappa shape index (κ2) is 7.64. The van der Waals surface area contributed by atoms with E-state index in [1.807, 2.05) is 23.0 Å². The van der Waals surface area contributed by atoms with Gasteiger partial charge in [-0.05, 0) is 31.7 Å². The third-order valence-corrected chi connectivity index (χ3v) is 3.31. The highest BCUT2D eigenvalue weighted by Gasteiger charge is 2.01. The van der Waals surface area contributed by atoms with Gasteiger partial charge in [-0.2, -0.15) is 5.10 Å². The number of hydrogen-bond donors (Lipinski definition) is 0. The smallest absolute Gasteiger partial charge is 0.118 e. The topological polar surface area (TPSA) is 30.3 Å². The fourth-order valence-corrected chi connectivity index (χ4v) is 2.12. The second-order valence-electron chi connectivity index (χ2n) is 5.08. The van der Waals surface area contributed by atoms with Gasteiger partial charge in [0.05, 0.1) is 13.3 Å². The summed E-state index contributed by atoms with van der Waals surface area (Å²) in [6.07, 6.45) is 8.34. The summed E-state index contributed by atoms with van der Waals surface area (Å²) in [5, 5.41) is 4.29. The SMILES string of the molecule is CCn1cc(CN(C)C/C=C/c2ccc(OC)cc2)cn1. The molecule has 0 saturated heterocycles. The summed E-state index contributed by atoms with van der Waals surface area (Å²) >= 11 is 0. The van der Waals surface area contributed by atoms with E-state index < -0.39 is 0 Å². The monoisotopic (exact) mass is 285 g/mol. The largest absolute Gasteiger partial charge is 0.497 e. The van der Waals surface area contributed by atoms with Crippen LogP contribution >= 0.6 is 0 Å². The van der Waals surface area contributed by atoms with Crippen LogP contribution in [0.4, 0.5) is 0 Å². The van der Waals surface area contributed by atoms with Gasteiger partial charge in [-0.3, -0.25) is 9.58 Å². The molecule has 4 nitrogen and oxygen atoms in total. The molecule has 1 aromatic heterocycles. The third kappa shape index (κ3) is 4.76. The summed E-state index contributed by atoms with van der Waals surface area (Å²) in [6.45, 7) is 4.83. The van der Waals surface area contributed by atoms with E-state index in [1.54, 1.807) is 7.11 Å². The summed E-state index contributed by atoms with van der Waals surface area (Å²) < 4.78 is 7.10. The van der Waals surface area contributed by atoms with Crippen molar-refractivity contribution in [1.82, 2.24) is 14.7 Å². The number of aromatic nitrogens is 2. The Hall–Kier alpha value is -2.07. The Labute approximate surface area is 126 Å². The van der Waals surface area contributed by atoms with E-state index in [0.717, 1.165) is 25.4 Å². The predicted octanol–water partition coefficient (Wildman–Crippen LogP) is 3.06. The number of methoxy groups -OCH3 is 1. The summed E-state index contributed by atoms with van der Waals surface area (Å²) in [4.78, 5) is 2.26. The van der Waals surface area contributed by atoms with Crippen LogP contribution in [0.25, 0.3) is 6.08 Å². The first-order valence-electron chi connectivity index (χ1n) is 7.21. The average Bonchev–Trinajstić information content (AvgIpc) is 2.95. The Kier molecular flexibility index (Phi) is 5.58. The Morgan fingerprint density at radius 3 is 2.67 bits per heavy atom. The van der Waals surface area contributed by atoms with Gasteiger partial charge in [-0.1, -0.05) is 24.3 Å². The Morgan fingerprint density at radius 1 is 1.29 bits per heavy atom. The van der Waals surface area contributed by atoms with E-state index in [9.17, 15) is 0 Å². The minimum Gasteiger partial charge on any atom is -0.497 e. The van der Waals surface area contributed by atoms with Gasteiger partial charge in [0, 0.05) is 31.4 Å². The van der Waals surface area contributed by atoms with Crippen LogP contribution in [0.3, 0.4) is 0 Å². The summed E-state index contributed by atoms with van der Waals surface area (Å²) in [6, 6.07) is 8.06. The maximum Gasteiger partial charge on any atom is 0.118 e. The molecule has 2 aromatic rings. The summed E-state index contributed by atoms with van der Waals surface area (Å²) in [5.74, 6) is 0.886. The highest BCUT2D eigenvalue weighted by Crippen LogP contribution is 2.12. The zero-order valence-corrected chi connectivity index (χ0v) is 13.0. The number of aryl methyl sites for hydroxylation is 1. The molecule has 0 aliphatic heterocycles. The first-order chi connectivity index (χ1) is 10.2. The molecule has 0 aliphatic rings. The normalized spacial score (nSPS) is 11.4. The van der Waals surface area contributed by atoms with Crippen molar-refractivity contribution in [2.75, 3.05) is 20.7 Å². The Bertz CT molecular complexity index is 572. The van der Waals surface area contributed by atoms with Crippen molar-refractivity contribution in [2.24, 2.45) is 0 Å². The Balaban J connectivity index is 1.82. The first-order valence-corrected chi connectivity index (χ1v) is 7.21. The number of likely N-dealkylation sites (N-methyl/N-ethyl adjacent to an activating group) is 1. The van der Waals surface area contributed by atoms with Crippen molar-refractivity contribution in [3.8, 4) is 5.75 Å². The quantitative estimate of drug-likeness (QED) is 0.783. The molecule has 0 spiro atoms. The minimum atomic E-state index is 0.886. The van der Waals surface area contributed by atoms with Crippen molar-refractivity contribution >= 4 is 6.08 Å². The van der Waals surface area contributed by atoms with Gasteiger partial charge < -0.3 is 4.74 Å². The lowest BCUT2D eigenvalue weighted by molar-refractivity contribution is 0.364. The number of hydrogen-bond acceptors (Lipinski definition) is 3. The van der Waals surface area contributed by atoms with Crippen LogP contribution in [0, 0.1) is 0 Å². The number of rotatable bonds is 7. The van der Waals surface area contributed by atoms with Crippen molar-refractivity contribution in [1.29, 1.82) is 0 Å². The molecule has 0 amide bonds. The molecule has 1 heterocycles. The predicted molar refractivity (Wildman–Crippen MR) is 86.3 cm³/mol. The van der Waals surface area contributed by atoms with E-state index in [-0.39, 0.29) is 0 Å². The van der Waals surface area contributed by atoms with Crippen molar-refractivity contribution in [3.05, 3.63) is 53.9 Å². The fourth-order valence-electron chi connectivity index (χ4n) is 2.12. The lowest BCUT2D eigenvalue weighted by atomic mass is 10.2. The van der Waals surface area contributed by atoms with Crippen LogP contribution in [0.15, 0.2) is 42.7 Å². The van der Waals surface area contributed by atoms with Crippen LogP contribution in [0.1, 0.15) is 18.1 Å². The third-order valence-electron chi connectivity index (χ3n) is 3.31. The molecule has 0 fully saturated rings. The molecule has 2 rings (SSSR count). The molecule has 0 unspecified atom stereocenters. The van der Waals surface area contributed by atoms with Gasteiger partial charge in [0.1, 0.15) is 5.75 Å². The van der Waals surface area contributed by atoms with Gasteiger partial charge in [0.2, 0.25) is 0 Å². The van der Waals surface area contributed by atoms with E-state index in [2.05, 4.69) is 54.5 Å². The maximum atomic E-state index is 5.15. The highest BCUT2D eigenvalue weighted by atomic mass is 16.5. The first kappa shape index (κ1) is 15.3. The lowest BCUT2D eigenvalue weighted by Crippen LogP contribution is -2.17.